The molecule has 2 heterocycles. The largest absolute Gasteiger partial charge is 0.311 e. The Hall–Kier alpha value is -1.97. The number of carbonyl (C=O) groups is 1. The highest BCUT2D eigenvalue weighted by atomic mass is 16.1. The summed E-state index contributed by atoms with van der Waals surface area (Å²) in [7, 11) is 0. The van der Waals surface area contributed by atoms with E-state index in [9.17, 15) is 4.79 Å². The monoisotopic (exact) mass is 227 g/mol. The van der Waals surface area contributed by atoms with Crippen LogP contribution in [0.1, 0.15) is 12.2 Å². The zero-order valence-electron chi connectivity index (χ0n) is 9.41. The molecule has 0 spiro atoms. The molecule has 0 bridgehead atoms. The maximum absolute atomic E-state index is 10.8. The van der Waals surface area contributed by atoms with Gasteiger partial charge in [0.25, 0.3) is 0 Å². The van der Waals surface area contributed by atoms with Crippen LogP contribution in [0.4, 0.5) is 0 Å². The second-order valence-electron chi connectivity index (χ2n) is 4.35. The number of hydrogen-bond donors (Lipinski definition) is 0. The zero-order chi connectivity index (χ0) is 11.7. The molecule has 3 rings (SSSR count). The van der Waals surface area contributed by atoms with Crippen LogP contribution in [-0.2, 0) is 17.8 Å². The Morgan fingerprint density at radius 3 is 2.82 bits per heavy atom. The molecule has 1 atom stereocenters. The van der Waals surface area contributed by atoms with Crippen LogP contribution in [0.3, 0.4) is 0 Å². The van der Waals surface area contributed by atoms with Crippen LogP contribution in [0.2, 0.25) is 0 Å². The van der Waals surface area contributed by atoms with E-state index in [2.05, 4.69) is 14.8 Å². The van der Waals surface area contributed by atoms with Crippen molar-refractivity contribution in [1.29, 1.82) is 0 Å². The molecule has 1 aliphatic rings. The molecule has 17 heavy (non-hydrogen) atoms. The molecule has 1 aromatic heterocycles. The van der Waals surface area contributed by atoms with Crippen molar-refractivity contribution in [2.24, 2.45) is 5.92 Å². The van der Waals surface area contributed by atoms with E-state index < -0.39 is 0 Å². The molecule has 0 fully saturated rings. The predicted molar refractivity (Wildman–Crippen MR) is 63.3 cm³/mol. The molecule has 0 amide bonds. The summed E-state index contributed by atoms with van der Waals surface area (Å²) in [6.45, 7) is 0.829. The first-order chi connectivity index (χ1) is 8.38. The lowest BCUT2D eigenvalue weighted by atomic mass is 9.99. The smallest absolute Gasteiger partial charge is 0.163 e. The molecule has 0 saturated carbocycles. The summed E-state index contributed by atoms with van der Waals surface area (Å²) in [6.07, 6.45) is 2.62. The molecule has 4 heteroatoms. The normalized spacial score (nSPS) is 18.7. The van der Waals surface area contributed by atoms with Gasteiger partial charge in [-0.3, -0.25) is 0 Å². The van der Waals surface area contributed by atoms with Gasteiger partial charge in [0, 0.05) is 24.4 Å². The lowest BCUT2D eigenvalue weighted by molar-refractivity contribution is -0.111. The molecule has 1 unspecified atom stereocenters. The first-order valence-corrected chi connectivity index (χ1v) is 5.81. The molecule has 1 aromatic carbocycles. The minimum absolute atomic E-state index is 0.107. The first-order valence-electron chi connectivity index (χ1n) is 5.81. The second kappa shape index (κ2) is 4.13. The van der Waals surface area contributed by atoms with Gasteiger partial charge in [0.15, 0.2) is 5.82 Å². The average Bonchev–Trinajstić information content (AvgIpc) is 2.82. The average molecular weight is 227 g/mol. The summed E-state index contributed by atoms with van der Waals surface area (Å²) < 4.78 is 2.12. The lowest BCUT2D eigenvalue weighted by Gasteiger charge is -2.19. The molecular formula is C13H13N3O. The summed E-state index contributed by atoms with van der Waals surface area (Å²) in [5, 5.41) is 8.42. The fourth-order valence-corrected chi connectivity index (χ4v) is 2.27. The van der Waals surface area contributed by atoms with E-state index in [-0.39, 0.29) is 5.92 Å². The molecule has 0 N–H and O–H groups in total. The molecule has 0 saturated heterocycles. The quantitative estimate of drug-likeness (QED) is 0.734. The van der Waals surface area contributed by atoms with E-state index in [1.165, 1.54) is 0 Å². The third kappa shape index (κ3) is 1.75. The molecule has 4 nitrogen and oxygen atoms in total. The number of nitrogens with zero attached hydrogens (tertiary/aromatic N) is 3. The van der Waals surface area contributed by atoms with Gasteiger partial charge in [0.05, 0.1) is 0 Å². The van der Waals surface area contributed by atoms with Crippen molar-refractivity contribution in [3.05, 3.63) is 36.2 Å². The summed E-state index contributed by atoms with van der Waals surface area (Å²) in [5.41, 5.74) is 1.08. The molecule has 0 radical (unpaired) electrons. The maximum atomic E-state index is 10.8. The highest BCUT2D eigenvalue weighted by Crippen LogP contribution is 2.24. The van der Waals surface area contributed by atoms with E-state index >= 15 is 0 Å². The topological polar surface area (TPSA) is 47.8 Å². The number of carbonyl (C=O) groups excluding carboxylic acids is 1. The van der Waals surface area contributed by atoms with Gasteiger partial charge in [-0.25, -0.2) is 0 Å². The summed E-state index contributed by atoms with van der Waals surface area (Å²) >= 11 is 0. The van der Waals surface area contributed by atoms with Gasteiger partial charge in [0.2, 0.25) is 0 Å². The number of benzene rings is 1. The Balaban J connectivity index is 2.00. The van der Waals surface area contributed by atoms with Crippen LogP contribution >= 0.6 is 0 Å². The van der Waals surface area contributed by atoms with Crippen molar-refractivity contribution in [3.8, 4) is 11.4 Å². The van der Waals surface area contributed by atoms with Gasteiger partial charge in [0.1, 0.15) is 12.1 Å². The highest BCUT2D eigenvalue weighted by Gasteiger charge is 2.22. The van der Waals surface area contributed by atoms with Gasteiger partial charge < -0.3 is 9.36 Å². The summed E-state index contributed by atoms with van der Waals surface area (Å²) in [5.74, 6) is 1.94. The van der Waals surface area contributed by atoms with Crippen molar-refractivity contribution in [2.45, 2.75) is 19.4 Å². The Morgan fingerprint density at radius 1 is 1.24 bits per heavy atom. The maximum Gasteiger partial charge on any atom is 0.163 e. The van der Waals surface area contributed by atoms with Crippen LogP contribution in [-0.4, -0.2) is 21.1 Å². The summed E-state index contributed by atoms with van der Waals surface area (Å²) in [6, 6.07) is 10.0. The number of rotatable bonds is 2. The van der Waals surface area contributed by atoms with Crippen LogP contribution in [0.15, 0.2) is 30.3 Å². The van der Waals surface area contributed by atoms with Gasteiger partial charge in [-0.15, -0.1) is 10.2 Å². The van der Waals surface area contributed by atoms with Crippen LogP contribution in [0.25, 0.3) is 11.4 Å². The molecule has 86 valence electrons. The Morgan fingerprint density at radius 2 is 2.06 bits per heavy atom. The molecular weight excluding hydrogens is 214 g/mol. The van der Waals surface area contributed by atoms with Crippen LogP contribution in [0.5, 0.6) is 0 Å². The minimum atomic E-state index is 0.107. The SMILES string of the molecule is O=CC1CCn2c(nnc2-c2ccccc2)C1. The van der Waals surface area contributed by atoms with E-state index in [0.717, 1.165) is 36.5 Å². The Kier molecular flexibility index (Phi) is 2.48. The highest BCUT2D eigenvalue weighted by molar-refractivity contribution is 5.57. The Bertz CT molecular complexity index is 533. The van der Waals surface area contributed by atoms with Crippen LogP contribution in [0, 0.1) is 5.92 Å². The minimum Gasteiger partial charge on any atom is -0.311 e. The van der Waals surface area contributed by atoms with Crippen molar-refractivity contribution in [1.82, 2.24) is 14.8 Å². The van der Waals surface area contributed by atoms with E-state index in [1.54, 1.807) is 0 Å². The van der Waals surface area contributed by atoms with Gasteiger partial charge >= 0.3 is 0 Å². The van der Waals surface area contributed by atoms with Crippen molar-refractivity contribution < 1.29 is 4.79 Å². The van der Waals surface area contributed by atoms with Crippen molar-refractivity contribution in [3.63, 3.8) is 0 Å². The van der Waals surface area contributed by atoms with E-state index in [1.807, 2.05) is 30.3 Å². The second-order valence-corrected chi connectivity index (χ2v) is 4.35. The number of aldehydes is 1. The molecule has 0 aliphatic carbocycles. The molecule has 1 aliphatic heterocycles. The number of hydrogen-bond acceptors (Lipinski definition) is 3. The third-order valence-corrected chi connectivity index (χ3v) is 3.22. The van der Waals surface area contributed by atoms with Crippen LogP contribution < -0.4 is 0 Å². The molecule has 2 aromatic rings. The first kappa shape index (κ1) is 10.2. The lowest BCUT2D eigenvalue weighted by Crippen LogP contribution is -2.20. The number of aromatic nitrogens is 3. The van der Waals surface area contributed by atoms with Gasteiger partial charge in [-0.05, 0) is 6.42 Å². The van der Waals surface area contributed by atoms with E-state index in [0.29, 0.717) is 6.42 Å². The van der Waals surface area contributed by atoms with Crippen molar-refractivity contribution in [2.75, 3.05) is 0 Å². The predicted octanol–water partition coefficient (Wildman–Crippen LogP) is 1.71. The van der Waals surface area contributed by atoms with Gasteiger partial charge in [-0.1, -0.05) is 30.3 Å². The number of fused-ring (bicyclic) bond motifs is 1. The zero-order valence-corrected chi connectivity index (χ0v) is 9.41. The fraction of sp³-hybridized carbons (Fsp3) is 0.308. The summed E-state index contributed by atoms with van der Waals surface area (Å²) in [4.78, 5) is 10.8. The standard InChI is InChI=1S/C13H13N3O/c17-9-10-6-7-16-12(8-10)14-15-13(16)11-4-2-1-3-5-11/h1-5,9-10H,6-8H2. The Labute approximate surface area is 99.3 Å². The van der Waals surface area contributed by atoms with E-state index in [4.69, 9.17) is 0 Å². The fourth-order valence-electron chi connectivity index (χ4n) is 2.27. The third-order valence-electron chi connectivity index (χ3n) is 3.22. The van der Waals surface area contributed by atoms with Gasteiger partial charge in [-0.2, -0.15) is 0 Å². The van der Waals surface area contributed by atoms with Crippen molar-refractivity contribution >= 4 is 6.29 Å².